The van der Waals surface area contributed by atoms with Crippen LogP contribution in [-0.2, 0) is 13.0 Å². The molecule has 0 saturated carbocycles. The Morgan fingerprint density at radius 1 is 1.20 bits per heavy atom. The first-order valence-electron chi connectivity index (χ1n) is 6.36. The van der Waals surface area contributed by atoms with Crippen molar-refractivity contribution in [2.75, 3.05) is 0 Å². The predicted molar refractivity (Wildman–Crippen MR) is 72.3 cm³/mol. The number of hydrogen-bond donors (Lipinski definition) is 2. The maximum Gasteiger partial charge on any atom is 0.133 e. The standard InChI is InChI=1S/C15H16F2N2O/c1-10(7-13-14(16)3-2-4-15(13)17)18-8-11-5-6-12(20)9-19-11/h2-6,9-10,18,20H,7-8H2,1H3. The van der Waals surface area contributed by atoms with Crippen LogP contribution >= 0.6 is 0 Å². The summed E-state index contributed by atoms with van der Waals surface area (Å²) in [5, 5.41) is 12.3. The van der Waals surface area contributed by atoms with Crippen molar-refractivity contribution in [2.45, 2.75) is 25.9 Å². The number of aromatic nitrogens is 1. The van der Waals surface area contributed by atoms with Crippen molar-refractivity contribution in [3.05, 3.63) is 59.4 Å². The molecule has 2 rings (SSSR count). The molecule has 0 bridgehead atoms. The predicted octanol–water partition coefficient (Wildman–Crippen LogP) is 2.79. The van der Waals surface area contributed by atoms with E-state index < -0.39 is 11.6 Å². The zero-order valence-electron chi connectivity index (χ0n) is 11.1. The van der Waals surface area contributed by atoms with Gasteiger partial charge >= 0.3 is 0 Å². The van der Waals surface area contributed by atoms with Gasteiger partial charge in [-0.25, -0.2) is 8.78 Å². The molecule has 106 valence electrons. The number of nitrogens with one attached hydrogen (secondary N) is 1. The summed E-state index contributed by atoms with van der Waals surface area (Å²) < 4.78 is 27.0. The Labute approximate surface area is 116 Å². The molecule has 0 aliphatic heterocycles. The summed E-state index contributed by atoms with van der Waals surface area (Å²) >= 11 is 0. The largest absolute Gasteiger partial charge is 0.506 e. The van der Waals surface area contributed by atoms with Gasteiger partial charge in [0, 0.05) is 18.2 Å². The van der Waals surface area contributed by atoms with Gasteiger partial charge in [-0.3, -0.25) is 4.98 Å². The Balaban J connectivity index is 1.92. The topological polar surface area (TPSA) is 45.1 Å². The van der Waals surface area contributed by atoms with E-state index >= 15 is 0 Å². The smallest absolute Gasteiger partial charge is 0.133 e. The van der Waals surface area contributed by atoms with Gasteiger partial charge in [0.1, 0.15) is 17.4 Å². The van der Waals surface area contributed by atoms with Gasteiger partial charge in [-0.1, -0.05) is 6.07 Å². The number of rotatable bonds is 5. The van der Waals surface area contributed by atoms with Gasteiger partial charge in [0.05, 0.1) is 11.9 Å². The van der Waals surface area contributed by atoms with Crippen LogP contribution in [0.3, 0.4) is 0 Å². The van der Waals surface area contributed by atoms with Gasteiger partial charge in [0.25, 0.3) is 0 Å². The van der Waals surface area contributed by atoms with E-state index in [2.05, 4.69) is 10.3 Å². The number of pyridine rings is 1. The molecule has 1 heterocycles. The normalized spacial score (nSPS) is 12.3. The van der Waals surface area contributed by atoms with E-state index in [0.717, 1.165) is 5.69 Å². The molecule has 0 radical (unpaired) electrons. The molecule has 1 atom stereocenters. The number of halogens is 2. The molecule has 3 nitrogen and oxygen atoms in total. The minimum atomic E-state index is -0.526. The number of nitrogens with zero attached hydrogens (tertiary/aromatic N) is 1. The summed E-state index contributed by atoms with van der Waals surface area (Å²) in [5.74, 6) is -0.946. The van der Waals surface area contributed by atoms with Crippen LogP contribution in [0.2, 0.25) is 0 Å². The van der Waals surface area contributed by atoms with Gasteiger partial charge in [-0.2, -0.15) is 0 Å². The second-order valence-electron chi connectivity index (χ2n) is 4.69. The molecule has 2 N–H and O–H groups in total. The molecular formula is C15H16F2N2O. The van der Waals surface area contributed by atoms with Crippen LogP contribution in [0.25, 0.3) is 0 Å². The van der Waals surface area contributed by atoms with Crippen molar-refractivity contribution < 1.29 is 13.9 Å². The summed E-state index contributed by atoms with van der Waals surface area (Å²) in [7, 11) is 0. The first kappa shape index (κ1) is 14.4. The first-order valence-corrected chi connectivity index (χ1v) is 6.36. The highest BCUT2D eigenvalue weighted by Crippen LogP contribution is 2.14. The van der Waals surface area contributed by atoms with E-state index in [4.69, 9.17) is 5.11 Å². The third-order valence-electron chi connectivity index (χ3n) is 3.01. The molecule has 1 unspecified atom stereocenters. The zero-order valence-corrected chi connectivity index (χ0v) is 11.1. The van der Waals surface area contributed by atoms with Gasteiger partial charge in [-0.15, -0.1) is 0 Å². The van der Waals surface area contributed by atoms with Crippen molar-refractivity contribution in [1.29, 1.82) is 0 Å². The third kappa shape index (κ3) is 3.74. The molecule has 5 heteroatoms. The lowest BCUT2D eigenvalue weighted by molar-refractivity contribution is 0.470. The monoisotopic (exact) mass is 278 g/mol. The summed E-state index contributed by atoms with van der Waals surface area (Å²) in [5.41, 5.74) is 0.842. The highest BCUT2D eigenvalue weighted by Gasteiger charge is 2.12. The van der Waals surface area contributed by atoms with Crippen LogP contribution in [-0.4, -0.2) is 16.1 Å². The molecule has 0 aliphatic carbocycles. The Kier molecular flexibility index (Phi) is 4.63. The second-order valence-corrected chi connectivity index (χ2v) is 4.69. The first-order chi connectivity index (χ1) is 9.56. The second kappa shape index (κ2) is 6.43. The lowest BCUT2D eigenvalue weighted by Gasteiger charge is -2.14. The van der Waals surface area contributed by atoms with Gasteiger partial charge in [0.15, 0.2) is 0 Å². The van der Waals surface area contributed by atoms with E-state index in [9.17, 15) is 8.78 Å². The molecule has 2 aromatic rings. The lowest BCUT2D eigenvalue weighted by atomic mass is 10.1. The highest BCUT2D eigenvalue weighted by atomic mass is 19.1. The summed E-state index contributed by atoms with van der Waals surface area (Å²) in [4.78, 5) is 4.03. The van der Waals surface area contributed by atoms with Crippen molar-refractivity contribution in [3.63, 3.8) is 0 Å². The van der Waals surface area contributed by atoms with E-state index in [1.165, 1.54) is 24.4 Å². The van der Waals surface area contributed by atoms with Crippen molar-refractivity contribution >= 4 is 0 Å². The van der Waals surface area contributed by atoms with Crippen LogP contribution in [0.15, 0.2) is 36.5 Å². The van der Waals surface area contributed by atoms with E-state index in [-0.39, 0.29) is 23.8 Å². The minimum absolute atomic E-state index is 0.0890. The fourth-order valence-electron chi connectivity index (χ4n) is 1.91. The third-order valence-corrected chi connectivity index (χ3v) is 3.01. The minimum Gasteiger partial charge on any atom is -0.506 e. The van der Waals surface area contributed by atoms with E-state index in [1.54, 1.807) is 12.1 Å². The molecular weight excluding hydrogens is 262 g/mol. The Morgan fingerprint density at radius 2 is 1.90 bits per heavy atom. The lowest BCUT2D eigenvalue weighted by Crippen LogP contribution is -2.28. The molecule has 0 aliphatic rings. The van der Waals surface area contributed by atoms with Gasteiger partial charge in [-0.05, 0) is 37.6 Å². The van der Waals surface area contributed by atoms with E-state index in [1.807, 2.05) is 6.92 Å². The quantitative estimate of drug-likeness (QED) is 0.884. The van der Waals surface area contributed by atoms with E-state index in [0.29, 0.717) is 6.54 Å². The number of aromatic hydroxyl groups is 1. The van der Waals surface area contributed by atoms with Crippen LogP contribution in [0.5, 0.6) is 5.75 Å². The zero-order chi connectivity index (χ0) is 14.5. The average Bonchev–Trinajstić information content (AvgIpc) is 2.42. The van der Waals surface area contributed by atoms with Crippen LogP contribution in [0.4, 0.5) is 8.78 Å². The summed E-state index contributed by atoms with van der Waals surface area (Å²) in [6.45, 7) is 2.32. The molecule has 0 amide bonds. The highest BCUT2D eigenvalue weighted by molar-refractivity contribution is 5.21. The molecule has 0 fully saturated rings. The maximum absolute atomic E-state index is 13.5. The van der Waals surface area contributed by atoms with Crippen molar-refractivity contribution in [2.24, 2.45) is 0 Å². The molecule has 1 aromatic carbocycles. The molecule has 0 saturated heterocycles. The van der Waals surface area contributed by atoms with Crippen molar-refractivity contribution in [1.82, 2.24) is 10.3 Å². The SMILES string of the molecule is CC(Cc1c(F)cccc1F)NCc1ccc(O)cn1. The molecule has 1 aromatic heterocycles. The number of benzene rings is 1. The average molecular weight is 278 g/mol. The fraction of sp³-hybridized carbons (Fsp3) is 0.267. The summed E-state index contributed by atoms with van der Waals surface area (Å²) in [6.07, 6.45) is 1.62. The van der Waals surface area contributed by atoms with Gasteiger partial charge < -0.3 is 10.4 Å². The van der Waals surface area contributed by atoms with Crippen LogP contribution in [0, 0.1) is 11.6 Å². The van der Waals surface area contributed by atoms with Crippen molar-refractivity contribution in [3.8, 4) is 5.75 Å². The molecule has 0 spiro atoms. The maximum atomic E-state index is 13.5. The van der Waals surface area contributed by atoms with Gasteiger partial charge in [0.2, 0.25) is 0 Å². The summed E-state index contributed by atoms with van der Waals surface area (Å²) in [6, 6.07) is 7.01. The Hall–Kier alpha value is -2.01. The Bertz CT molecular complexity index is 552. The van der Waals surface area contributed by atoms with Crippen LogP contribution in [0.1, 0.15) is 18.2 Å². The molecule has 20 heavy (non-hydrogen) atoms. The van der Waals surface area contributed by atoms with Crippen LogP contribution < -0.4 is 5.32 Å². The Morgan fingerprint density at radius 3 is 2.50 bits per heavy atom. The number of hydrogen-bond acceptors (Lipinski definition) is 3. The fourth-order valence-corrected chi connectivity index (χ4v) is 1.91.